The fourth-order valence-electron chi connectivity index (χ4n) is 4.67. The third-order valence-electron chi connectivity index (χ3n) is 6.34. The van der Waals surface area contributed by atoms with Crippen molar-refractivity contribution in [2.24, 2.45) is 0 Å². The average Bonchev–Trinajstić information content (AvgIpc) is 2.92. The minimum Gasteiger partial charge on any atom is -0.486 e. The first-order valence-corrected chi connectivity index (χ1v) is 13.9. The van der Waals surface area contributed by atoms with Crippen molar-refractivity contribution in [1.29, 1.82) is 0 Å². The SMILES string of the molecule is CCC(=O)O[C@H]1O[C@@H](c2ccc(Br)c(Cc3ccc4c(c3)OCCO4)c2)[C@H](OC(C)=O)[C@@H](OC(C)=O)[C@H]1OC(C)=O. The average molecular weight is 635 g/mol. The van der Waals surface area contributed by atoms with Crippen molar-refractivity contribution >= 4 is 39.8 Å². The van der Waals surface area contributed by atoms with E-state index in [1.54, 1.807) is 13.0 Å². The highest BCUT2D eigenvalue weighted by atomic mass is 79.9. The predicted molar refractivity (Wildman–Crippen MR) is 145 cm³/mol. The summed E-state index contributed by atoms with van der Waals surface area (Å²) in [6, 6.07) is 11.1. The number of benzene rings is 2. The zero-order chi connectivity index (χ0) is 29.7. The van der Waals surface area contributed by atoms with E-state index < -0.39 is 54.6 Å². The molecule has 0 saturated carbocycles. The van der Waals surface area contributed by atoms with Gasteiger partial charge in [0.1, 0.15) is 19.3 Å². The number of hydrogen-bond acceptors (Lipinski definition) is 11. The summed E-state index contributed by atoms with van der Waals surface area (Å²) < 4.78 is 40.3. The Labute approximate surface area is 245 Å². The van der Waals surface area contributed by atoms with Gasteiger partial charge in [0.25, 0.3) is 0 Å². The number of hydrogen-bond donors (Lipinski definition) is 0. The first-order valence-electron chi connectivity index (χ1n) is 13.1. The molecule has 2 aromatic carbocycles. The molecular weight excluding hydrogens is 604 g/mol. The largest absolute Gasteiger partial charge is 0.486 e. The van der Waals surface area contributed by atoms with E-state index in [2.05, 4.69) is 15.9 Å². The van der Waals surface area contributed by atoms with E-state index in [1.807, 2.05) is 30.3 Å². The van der Waals surface area contributed by atoms with Gasteiger partial charge in [-0.15, -0.1) is 0 Å². The van der Waals surface area contributed by atoms with Gasteiger partial charge in [0, 0.05) is 31.7 Å². The molecule has 12 heteroatoms. The third kappa shape index (κ3) is 7.56. The van der Waals surface area contributed by atoms with Crippen molar-refractivity contribution in [1.82, 2.24) is 0 Å². The molecule has 0 aromatic heterocycles. The Bertz CT molecular complexity index is 1310. The van der Waals surface area contributed by atoms with Crippen LogP contribution in [0.3, 0.4) is 0 Å². The zero-order valence-electron chi connectivity index (χ0n) is 23.0. The Morgan fingerprint density at radius 2 is 1.44 bits per heavy atom. The first-order chi connectivity index (χ1) is 19.5. The second kappa shape index (κ2) is 13.3. The summed E-state index contributed by atoms with van der Waals surface area (Å²) >= 11 is 3.60. The molecule has 220 valence electrons. The van der Waals surface area contributed by atoms with Crippen molar-refractivity contribution in [2.75, 3.05) is 13.2 Å². The van der Waals surface area contributed by atoms with Crippen molar-refractivity contribution in [2.45, 2.75) is 71.2 Å². The standard InChI is InChI=1S/C29H31BrO11/c1-5-24(34)40-29-28(39-17(4)33)27(38-16(3)32)26(37-15(2)31)25(41-29)19-7-8-21(30)20(14-19)12-18-6-9-22-23(13-18)36-11-10-35-22/h6-9,13-14,25-29H,5,10-12H2,1-4H3/t25-,26-,27+,28+,29-/m0/s1. The Kier molecular flexibility index (Phi) is 9.87. The van der Waals surface area contributed by atoms with E-state index in [0.29, 0.717) is 36.7 Å². The molecule has 5 atom stereocenters. The van der Waals surface area contributed by atoms with E-state index in [0.717, 1.165) is 29.4 Å². The van der Waals surface area contributed by atoms with Crippen molar-refractivity contribution in [3.63, 3.8) is 0 Å². The lowest BCUT2D eigenvalue weighted by atomic mass is 9.91. The summed E-state index contributed by atoms with van der Waals surface area (Å²) in [5.41, 5.74) is 2.36. The molecule has 2 aliphatic heterocycles. The maximum absolute atomic E-state index is 12.3. The van der Waals surface area contributed by atoms with Crippen LogP contribution in [0.5, 0.6) is 11.5 Å². The van der Waals surface area contributed by atoms with Crippen LogP contribution in [-0.4, -0.2) is 61.7 Å². The van der Waals surface area contributed by atoms with Gasteiger partial charge in [-0.05, 0) is 41.3 Å². The normalized spacial score (nSPS) is 23.2. The van der Waals surface area contributed by atoms with Crippen molar-refractivity contribution in [3.05, 3.63) is 57.6 Å². The van der Waals surface area contributed by atoms with Crippen molar-refractivity contribution < 1.29 is 52.3 Å². The molecular formula is C29H31BrO11. The van der Waals surface area contributed by atoms with Crippen LogP contribution >= 0.6 is 15.9 Å². The van der Waals surface area contributed by atoms with Crippen LogP contribution in [0.15, 0.2) is 40.9 Å². The summed E-state index contributed by atoms with van der Waals surface area (Å²) in [7, 11) is 0. The third-order valence-corrected chi connectivity index (χ3v) is 7.11. The maximum Gasteiger partial charge on any atom is 0.307 e. The highest BCUT2D eigenvalue weighted by Crippen LogP contribution is 2.39. The van der Waals surface area contributed by atoms with Gasteiger partial charge in [-0.1, -0.05) is 41.1 Å². The van der Waals surface area contributed by atoms with Crippen LogP contribution in [0.4, 0.5) is 0 Å². The first kappa shape index (κ1) is 30.3. The Morgan fingerprint density at radius 3 is 2.10 bits per heavy atom. The molecule has 1 saturated heterocycles. The molecule has 1 fully saturated rings. The lowest BCUT2D eigenvalue weighted by molar-refractivity contribution is -0.298. The molecule has 0 spiro atoms. The lowest BCUT2D eigenvalue weighted by Gasteiger charge is -2.44. The summed E-state index contributed by atoms with van der Waals surface area (Å²) in [5, 5.41) is 0. The highest BCUT2D eigenvalue weighted by Gasteiger charge is 2.53. The molecule has 4 rings (SSSR count). The lowest BCUT2D eigenvalue weighted by Crippen LogP contribution is -2.59. The molecule has 2 heterocycles. The van der Waals surface area contributed by atoms with E-state index in [1.165, 1.54) is 6.92 Å². The van der Waals surface area contributed by atoms with Crippen molar-refractivity contribution in [3.8, 4) is 11.5 Å². The summed E-state index contributed by atoms with van der Waals surface area (Å²) in [6.45, 7) is 6.06. The minimum atomic E-state index is -1.45. The van der Waals surface area contributed by atoms with E-state index in [-0.39, 0.29) is 6.42 Å². The van der Waals surface area contributed by atoms with Crippen LogP contribution in [0.25, 0.3) is 0 Å². The topological polar surface area (TPSA) is 133 Å². The summed E-state index contributed by atoms with van der Waals surface area (Å²) in [4.78, 5) is 48.6. The zero-order valence-corrected chi connectivity index (χ0v) is 24.6. The van der Waals surface area contributed by atoms with Crippen LogP contribution in [0.1, 0.15) is 56.9 Å². The Hall–Kier alpha value is -3.64. The number of carbonyl (C=O) groups is 4. The molecule has 0 radical (unpaired) electrons. The molecule has 0 unspecified atom stereocenters. The van der Waals surface area contributed by atoms with Gasteiger partial charge in [-0.25, -0.2) is 0 Å². The van der Waals surface area contributed by atoms with Gasteiger partial charge in [0.15, 0.2) is 23.7 Å². The van der Waals surface area contributed by atoms with Gasteiger partial charge in [-0.3, -0.25) is 19.2 Å². The van der Waals surface area contributed by atoms with Gasteiger partial charge >= 0.3 is 23.9 Å². The number of esters is 4. The van der Waals surface area contributed by atoms with Crippen LogP contribution in [0.2, 0.25) is 0 Å². The smallest absolute Gasteiger partial charge is 0.307 e. The van der Waals surface area contributed by atoms with E-state index >= 15 is 0 Å². The van der Waals surface area contributed by atoms with Crippen LogP contribution < -0.4 is 9.47 Å². The second-order valence-corrected chi connectivity index (χ2v) is 10.4. The minimum absolute atomic E-state index is 0.0148. The number of carbonyl (C=O) groups excluding carboxylic acids is 4. The number of rotatable bonds is 8. The quantitative estimate of drug-likeness (QED) is 0.309. The Balaban J connectivity index is 1.73. The molecule has 11 nitrogen and oxygen atoms in total. The molecule has 0 amide bonds. The van der Waals surface area contributed by atoms with E-state index in [4.69, 9.17) is 33.2 Å². The summed E-state index contributed by atoms with van der Waals surface area (Å²) in [5.74, 6) is -1.43. The monoisotopic (exact) mass is 634 g/mol. The number of fused-ring (bicyclic) bond motifs is 1. The van der Waals surface area contributed by atoms with Gasteiger partial charge in [-0.2, -0.15) is 0 Å². The second-order valence-electron chi connectivity index (χ2n) is 9.50. The molecule has 0 aliphatic carbocycles. The van der Waals surface area contributed by atoms with Gasteiger partial charge in [0.2, 0.25) is 12.4 Å². The van der Waals surface area contributed by atoms with Gasteiger partial charge in [0.05, 0.1) is 0 Å². The molecule has 0 N–H and O–H groups in total. The number of ether oxygens (including phenoxy) is 7. The number of halogens is 1. The van der Waals surface area contributed by atoms with Crippen LogP contribution in [0, 0.1) is 0 Å². The Morgan fingerprint density at radius 1 is 0.805 bits per heavy atom. The van der Waals surface area contributed by atoms with Gasteiger partial charge < -0.3 is 33.2 Å². The summed E-state index contributed by atoms with van der Waals surface area (Å²) in [6.07, 6.45) is -5.96. The predicted octanol–water partition coefficient (Wildman–Crippen LogP) is 3.96. The highest BCUT2D eigenvalue weighted by molar-refractivity contribution is 9.10. The van der Waals surface area contributed by atoms with Crippen LogP contribution in [-0.2, 0) is 49.3 Å². The fourth-order valence-corrected chi connectivity index (χ4v) is 5.06. The fraction of sp³-hybridized carbons (Fsp3) is 0.448. The molecule has 2 aromatic rings. The molecule has 41 heavy (non-hydrogen) atoms. The van der Waals surface area contributed by atoms with E-state index in [9.17, 15) is 19.2 Å². The molecule has 0 bridgehead atoms. The maximum atomic E-state index is 12.3. The molecule has 2 aliphatic rings.